The summed E-state index contributed by atoms with van der Waals surface area (Å²) in [5, 5.41) is 0. The summed E-state index contributed by atoms with van der Waals surface area (Å²) in [7, 11) is 5.06. The fourth-order valence-electron chi connectivity index (χ4n) is 2.96. The molecule has 0 amide bonds. The van der Waals surface area contributed by atoms with E-state index in [1.807, 2.05) is 31.2 Å². The van der Waals surface area contributed by atoms with Crippen molar-refractivity contribution in [3.63, 3.8) is 0 Å². The van der Waals surface area contributed by atoms with Crippen LogP contribution in [0.2, 0.25) is 0 Å². The van der Waals surface area contributed by atoms with Gasteiger partial charge in [0.25, 0.3) is 5.56 Å². The second-order valence-corrected chi connectivity index (χ2v) is 6.05. The summed E-state index contributed by atoms with van der Waals surface area (Å²) in [6.45, 7) is 2.45. The minimum absolute atomic E-state index is 0.290. The van der Waals surface area contributed by atoms with Gasteiger partial charge in [0.2, 0.25) is 0 Å². The topological polar surface area (TPSA) is 71.1 Å². The van der Waals surface area contributed by atoms with E-state index in [0.717, 1.165) is 24.2 Å². The molecule has 3 aromatic rings. The standard InChI is InChI=1S/C18H22N4O3/c1-5-6-11-22-17(23)14-16(21(3)18(22)24)19-15(20(14)2)12-7-9-13(25-4)10-8-12/h7-10H,5-6,11H2,1-4H3. The van der Waals surface area contributed by atoms with Gasteiger partial charge in [0.15, 0.2) is 11.2 Å². The van der Waals surface area contributed by atoms with Gasteiger partial charge in [-0.3, -0.25) is 13.9 Å². The minimum Gasteiger partial charge on any atom is -0.497 e. The molecule has 0 saturated heterocycles. The molecule has 7 heteroatoms. The van der Waals surface area contributed by atoms with Crippen molar-refractivity contribution in [2.24, 2.45) is 14.1 Å². The Labute approximate surface area is 145 Å². The Bertz CT molecular complexity index is 1030. The van der Waals surface area contributed by atoms with Crippen LogP contribution < -0.4 is 16.0 Å². The molecule has 2 aromatic heterocycles. The van der Waals surface area contributed by atoms with E-state index in [1.165, 1.54) is 9.13 Å². The SMILES string of the molecule is CCCCn1c(=O)c2c(nc(-c3ccc(OC)cc3)n2C)n(C)c1=O. The Morgan fingerprint density at radius 2 is 1.76 bits per heavy atom. The van der Waals surface area contributed by atoms with Crippen LogP contribution in [0.15, 0.2) is 33.9 Å². The molecule has 0 bridgehead atoms. The van der Waals surface area contributed by atoms with Gasteiger partial charge in [-0.15, -0.1) is 0 Å². The van der Waals surface area contributed by atoms with Crippen LogP contribution in [0, 0.1) is 0 Å². The molecule has 25 heavy (non-hydrogen) atoms. The fourth-order valence-corrected chi connectivity index (χ4v) is 2.96. The predicted molar refractivity (Wildman–Crippen MR) is 97.1 cm³/mol. The highest BCUT2D eigenvalue weighted by atomic mass is 16.5. The largest absolute Gasteiger partial charge is 0.497 e. The zero-order chi connectivity index (χ0) is 18.1. The average Bonchev–Trinajstić information content (AvgIpc) is 2.97. The summed E-state index contributed by atoms with van der Waals surface area (Å²) < 4.78 is 9.67. The van der Waals surface area contributed by atoms with E-state index < -0.39 is 0 Å². The van der Waals surface area contributed by atoms with E-state index in [-0.39, 0.29) is 11.2 Å². The number of methoxy groups -OCH3 is 1. The van der Waals surface area contributed by atoms with Crippen molar-refractivity contribution in [2.75, 3.05) is 7.11 Å². The molecule has 0 aliphatic rings. The van der Waals surface area contributed by atoms with Gasteiger partial charge < -0.3 is 9.30 Å². The van der Waals surface area contributed by atoms with Crippen molar-refractivity contribution in [2.45, 2.75) is 26.3 Å². The first kappa shape index (κ1) is 17.0. The number of benzene rings is 1. The average molecular weight is 342 g/mol. The highest BCUT2D eigenvalue weighted by molar-refractivity contribution is 5.76. The van der Waals surface area contributed by atoms with Crippen LogP contribution in [0.3, 0.4) is 0 Å². The lowest BCUT2D eigenvalue weighted by Gasteiger charge is -2.08. The fraction of sp³-hybridized carbons (Fsp3) is 0.389. The Balaban J connectivity index is 2.25. The molecule has 0 radical (unpaired) electrons. The van der Waals surface area contributed by atoms with Gasteiger partial charge in [0.1, 0.15) is 11.6 Å². The number of hydrogen-bond acceptors (Lipinski definition) is 4. The van der Waals surface area contributed by atoms with Gasteiger partial charge in [-0.05, 0) is 30.7 Å². The number of fused-ring (bicyclic) bond motifs is 1. The summed E-state index contributed by atoms with van der Waals surface area (Å²) in [5.74, 6) is 1.38. The Morgan fingerprint density at radius 3 is 2.36 bits per heavy atom. The molecular formula is C18H22N4O3. The van der Waals surface area contributed by atoms with Gasteiger partial charge in [-0.25, -0.2) is 9.78 Å². The van der Waals surface area contributed by atoms with Gasteiger partial charge in [0, 0.05) is 26.2 Å². The van der Waals surface area contributed by atoms with Crippen LogP contribution in [0.5, 0.6) is 5.75 Å². The Kier molecular flexibility index (Phi) is 4.48. The monoisotopic (exact) mass is 342 g/mol. The second-order valence-electron chi connectivity index (χ2n) is 6.05. The molecule has 0 N–H and O–H groups in total. The third-order valence-corrected chi connectivity index (χ3v) is 4.44. The summed E-state index contributed by atoms with van der Waals surface area (Å²) >= 11 is 0. The highest BCUT2D eigenvalue weighted by Crippen LogP contribution is 2.23. The summed E-state index contributed by atoms with van der Waals surface area (Å²) in [6.07, 6.45) is 1.69. The van der Waals surface area contributed by atoms with E-state index in [4.69, 9.17) is 4.74 Å². The smallest absolute Gasteiger partial charge is 0.332 e. The lowest BCUT2D eigenvalue weighted by atomic mass is 10.2. The van der Waals surface area contributed by atoms with Crippen molar-refractivity contribution in [3.8, 4) is 17.1 Å². The maximum atomic E-state index is 12.8. The Morgan fingerprint density at radius 1 is 1.08 bits per heavy atom. The van der Waals surface area contributed by atoms with E-state index in [1.54, 1.807) is 25.8 Å². The van der Waals surface area contributed by atoms with Crippen molar-refractivity contribution in [1.29, 1.82) is 0 Å². The zero-order valence-corrected chi connectivity index (χ0v) is 14.9. The van der Waals surface area contributed by atoms with Gasteiger partial charge in [-0.2, -0.15) is 0 Å². The highest BCUT2D eigenvalue weighted by Gasteiger charge is 2.19. The van der Waals surface area contributed by atoms with Crippen molar-refractivity contribution < 1.29 is 4.74 Å². The zero-order valence-electron chi connectivity index (χ0n) is 14.9. The molecule has 132 valence electrons. The maximum absolute atomic E-state index is 12.8. The van der Waals surface area contributed by atoms with Gasteiger partial charge >= 0.3 is 5.69 Å². The van der Waals surface area contributed by atoms with Crippen LogP contribution in [0.25, 0.3) is 22.6 Å². The summed E-state index contributed by atoms with van der Waals surface area (Å²) in [4.78, 5) is 29.9. The van der Waals surface area contributed by atoms with E-state index >= 15 is 0 Å². The third-order valence-electron chi connectivity index (χ3n) is 4.44. The normalized spacial score (nSPS) is 11.2. The van der Waals surface area contributed by atoms with Crippen molar-refractivity contribution >= 4 is 11.2 Å². The molecule has 7 nitrogen and oxygen atoms in total. The van der Waals surface area contributed by atoms with Crippen LogP contribution in [0.4, 0.5) is 0 Å². The third kappa shape index (κ3) is 2.75. The lowest BCUT2D eigenvalue weighted by Crippen LogP contribution is -2.39. The number of rotatable bonds is 5. The second kappa shape index (κ2) is 6.58. The molecule has 1 aromatic carbocycles. The predicted octanol–water partition coefficient (Wildman–Crippen LogP) is 1.91. The molecule has 2 heterocycles. The minimum atomic E-state index is -0.328. The molecule has 0 fully saturated rings. The number of aryl methyl sites for hydroxylation is 2. The van der Waals surface area contributed by atoms with E-state index in [0.29, 0.717) is 23.5 Å². The lowest BCUT2D eigenvalue weighted by molar-refractivity contribution is 0.415. The van der Waals surface area contributed by atoms with E-state index in [9.17, 15) is 9.59 Å². The van der Waals surface area contributed by atoms with Crippen molar-refractivity contribution in [3.05, 3.63) is 45.1 Å². The maximum Gasteiger partial charge on any atom is 0.332 e. The first-order chi connectivity index (χ1) is 12.0. The first-order valence-electron chi connectivity index (χ1n) is 8.30. The Hall–Kier alpha value is -2.83. The summed E-state index contributed by atoms with van der Waals surface area (Å²) in [6, 6.07) is 7.45. The first-order valence-corrected chi connectivity index (χ1v) is 8.30. The molecule has 0 saturated carbocycles. The number of nitrogens with zero attached hydrogens (tertiary/aromatic N) is 4. The van der Waals surface area contributed by atoms with Gasteiger partial charge in [0.05, 0.1) is 7.11 Å². The number of imidazole rings is 1. The quantitative estimate of drug-likeness (QED) is 0.710. The molecule has 0 aliphatic carbocycles. The van der Waals surface area contributed by atoms with Crippen LogP contribution in [0.1, 0.15) is 19.8 Å². The van der Waals surface area contributed by atoms with E-state index in [2.05, 4.69) is 4.98 Å². The van der Waals surface area contributed by atoms with Crippen LogP contribution in [-0.4, -0.2) is 25.8 Å². The number of hydrogen-bond donors (Lipinski definition) is 0. The molecular weight excluding hydrogens is 320 g/mol. The molecule has 0 atom stereocenters. The number of aromatic nitrogens is 4. The molecule has 0 spiro atoms. The number of ether oxygens (including phenoxy) is 1. The van der Waals surface area contributed by atoms with Gasteiger partial charge in [-0.1, -0.05) is 13.3 Å². The summed E-state index contributed by atoms with van der Waals surface area (Å²) in [5.41, 5.74) is 1.07. The molecule has 0 unspecified atom stereocenters. The molecule has 0 aliphatic heterocycles. The number of unbranched alkanes of at least 4 members (excludes halogenated alkanes) is 1. The van der Waals surface area contributed by atoms with Crippen LogP contribution in [-0.2, 0) is 20.6 Å². The molecule has 3 rings (SSSR count). The van der Waals surface area contributed by atoms with Crippen molar-refractivity contribution in [1.82, 2.24) is 18.7 Å². The van der Waals surface area contributed by atoms with Crippen LogP contribution >= 0.6 is 0 Å².